The van der Waals surface area contributed by atoms with Crippen molar-refractivity contribution < 1.29 is 34.8 Å². The Hall–Kier alpha value is -2.15. The van der Waals surface area contributed by atoms with E-state index >= 15 is 0 Å². The molecular formula is C20H23F6N3O2S. The molecule has 1 atom stereocenters. The van der Waals surface area contributed by atoms with Gasteiger partial charge < -0.3 is 10.2 Å². The fourth-order valence-corrected chi connectivity index (χ4v) is 3.93. The van der Waals surface area contributed by atoms with Crippen molar-refractivity contribution in [1.82, 2.24) is 14.9 Å². The molecule has 0 aromatic heterocycles. The van der Waals surface area contributed by atoms with Gasteiger partial charge in [0, 0.05) is 25.7 Å². The minimum atomic E-state index is -5.15. The zero-order valence-electron chi connectivity index (χ0n) is 17.3. The van der Waals surface area contributed by atoms with Gasteiger partial charge in [0.05, 0.1) is 16.0 Å². The summed E-state index contributed by atoms with van der Waals surface area (Å²) < 4.78 is 106. The van der Waals surface area contributed by atoms with Gasteiger partial charge in [-0.05, 0) is 37.9 Å². The Labute approximate surface area is 182 Å². The van der Waals surface area contributed by atoms with Crippen molar-refractivity contribution in [3.8, 4) is 0 Å². The molecule has 0 fully saturated rings. The quantitative estimate of drug-likeness (QED) is 0.532. The molecule has 0 bridgehead atoms. The van der Waals surface area contributed by atoms with Gasteiger partial charge in [-0.2, -0.15) is 26.3 Å². The first-order chi connectivity index (χ1) is 14.7. The van der Waals surface area contributed by atoms with Gasteiger partial charge in [0.25, 0.3) is 0 Å². The second-order valence-electron chi connectivity index (χ2n) is 7.31. The molecule has 0 saturated carbocycles. The zero-order valence-corrected chi connectivity index (χ0v) is 18.1. The van der Waals surface area contributed by atoms with Gasteiger partial charge in [0.15, 0.2) is 0 Å². The highest BCUT2D eigenvalue weighted by Crippen LogP contribution is 2.37. The number of benzene rings is 2. The van der Waals surface area contributed by atoms with Crippen LogP contribution in [-0.2, 0) is 22.4 Å². The lowest BCUT2D eigenvalue weighted by molar-refractivity contribution is -0.143. The molecule has 178 valence electrons. The van der Waals surface area contributed by atoms with E-state index in [1.54, 1.807) is 30.3 Å². The van der Waals surface area contributed by atoms with Crippen LogP contribution in [0.2, 0.25) is 0 Å². The number of likely N-dealkylation sites (N-methyl/N-ethyl adjacent to an activating group) is 1. The van der Waals surface area contributed by atoms with E-state index in [-0.39, 0.29) is 24.7 Å². The van der Waals surface area contributed by atoms with Crippen LogP contribution in [0.4, 0.5) is 26.3 Å². The summed E-state index contributed by atoms with van der Waals surface area (Å²) in [7, 11) is -0.989. The normalized spacial score (nSPS) is 14.0. The number of alkyl halides is 6. The van der Waals surface area contributed by atoms with E-state index in [0.29, 0.717) is 18.7 Å². The smallest absolute Gasteiger partial charge is 0.308 e. The summed E-state index contributed by atoms with van der Waals surface area (Å²) in [6, 6.07) is 8.38. The van der Waals surface area contributed by atoms with Crippen molar-refractivity contribution in [3.63, 3.8) is 0 Å². The third-order valence-corrected chi connectivity index (χ3v) is 5.90. The van der Waals surface area contributed by atoms with Gasteiger partial charge in [0.1, 0.15) is 0 Å². The Bertz CT molecular complexity index is 960. The zero-order chi connectivity index (χ0) is 24.2. The van der Waals surface area contributed by atoms with Gasteiger partial charge in [-0.25, -0.2) is 13.1 Å². The van der Waals surface area contributed by atoms with E-state index in [1.807, 2.05) is 19.0 Å². The lowest BCUT2D eigenvalue weighted by atomic mass is 10.1. The number of sulfonamides is 1. The largest absolute Gasteiger partial charge is 0.416 e. The summed E-state index contributed by atoms with van der Waals surface area (Å²) in [6.07, 6.45) is -10.3. The van der Waals surface area contributed by atoms with Crippen LogP contribution in [-0.4, -0.2) is 47.0 Å². The second kappa shape index (κ2) is 10.2. The molecule has 0 aliphatic rings. The molecule has 2 N–H and O–H groups in total. The standard InChI is InChI=1S/C20H23F6N3O2S/c1-29(2)9-8-27-18(14-6-4-3-5-7-14)13-28-32(30,31)17-11-15(19(21,22)23)10-16(12-17)20(24,25)26/h3-7,10-12,18,27-28H,8-9,13H2,1-2H3/t18-/m1/s1. The fourth-order valence-electron chi connectivity index (χ4n) is 2.81. The minimum Gasteiger partial charge on any atom is -0.308 e. The predicted octanol–water partition coefficient (Wildman–Crippen LogP) is 3.90. The summed E-state index contributed by atoms with van der Waals surface area (Å²) in [6.45, 7) is 0.812. The third kappa shape index (κ3) is 7.47. The summed E-state index contributed by atoms with van der Waals surface area (Å²) in [4.78, 5) is 0.778. The molecule has 12 heteroatoms. The number of hydrogen-bond acceptors (Lipinski definition) is 4. The predicted molar refractivity (Wildman–Crippen MR) is 107 cm³/mol. The molecule has 2 aromatic carbocycles. The Morgan fingerprint density at radius 3 is 1.91 bits per heavy atom. The maximum absolute atomic E-state index is 13.1. The van der Waals surface area contributed by atoms with E-state index < -0.39 is 44.4 Å². The van der Waals surface area contributed by atoms with Gasteiger partial charge in [-0.15, -0.1) is 0 Å². The summed E-state index contributed by atoms with van der Waals surface area (Å²) in [5, 5.41) is 3.13. The van der Waals surface area contributed by atoms with E-state index in [9.17, 15) is 34.8 Å². The molecule has 0 spiro atoms. The first-order valence-corrected chi connectivity index (χ1v) is 10.9. The lowest BCUT2D eigenvalue weighted by Crippen LogP contribution is -2.37. The number of halogens is 6. The topological polar surface area (TPSA) is 61.4 Å². The van der Waals surface area contributed by atoms with Crippen LogP contribution >= 0.6 is 0 Å². The maximum Gasteiger partial charge on any atom is 0.416 e. The number of nitrogens with zero attached hydrogens (tertiary/aromatic N) is 1. The van der Waals surface area contributed by atoms with Gasteiger partial charge >= 0.3 is 12.4 Å². The average molecular weight is 483 g/mol. The highest BCUT2D eigenvalue weighted by Gasteiger charge is 2.38. The summed E-state index contributed by atoms with van der Waals surface area (Å²) >= 11 is 0. The van der Waals surface area contributed by atoms with E-state index in [2.05, 4.69) is 10.0 Å². The highest BCUT2D eigenvalue weighted by atomic mass is 32.2. The molecule has 32 heavy (non-hydrogen) atoms. The van der Waals surface area contributed by atoms with Crippen molar-refractivity contribution in [2.45, 2.75) is 23.3 Å². The Morgan fingerprint density at radius 1 is 0.906 bits per heavy atom. The molecule has 2 rings (SSSR count). The number of rotatable bonds is 9. The maximum atomic E-state index is 13.1. The van der Waals surface area contributed by atoms with Crippen LogP contribution in [0.15, 0.2) is 53.4 Å². The van der Waals surface area contributed by atoms with Crippen LogP contribution in [0.5, 0.6) is 0 Å². The number of hydrogen-bond donors (Lipinski definition) is 2. The molecule has 0 amide bonds. The summed E-state index contributed by atoms with van der Waals surface area (Å²) in [5.41, 5.74) is -2.69. The average Bonchev–Trinajstić information content (AvgIpc) is 2.69. The highest BCUT2D eigenvalue weighted by molar-refractivity contribution is 7.89. The van der Waals surface area contributed by atoms with Gasteiger partial charge in [-0.1, -0.05) is 30.3 Å². The molecule has 0 aliphatic carbocycles. The van der Waals surface area contributed by atoms with Crippen molar-refractivity contribution in [2.75, 3.05) is 33.7 Å². The molecule has 0 aliphatic heterocycles. The first kappa shape index (κ1) is 26.1. The van der Waals surface area contributed by atoms with Gasteiger partial charge in [-0.3, -0.25) is 0 Å². The number of nitrogens with one attached hydrogen (secondary N) is 2. The van der Waals surface area contributed by atoms with E-state index in [0.717, 1.165) is 0 Å². The Kier molecular flexibility index (Phi) is 8.32. The van der Waals surface area contributed by atoms with Gasteiger partial charge in [0.2, 0.25) is 10.0 Å². The molecule has 0 unspecified atom stereocenters. The third-order valence-electron chi connectivity index (χ3n) is 4.50. The van der Waals surface area contributed by atoms with Crippen LogP contribution in [0.25, 0.3) is 0 Å². The van der Waals surface area contributed by atoms with Crippen LogP contribution in [0.1, 0.15) is 22.7 Å². The molecule has 0 radical (unpaired) electrons. The SMILES string of the molecule is CN(C)CCN[C@H](CNS(=O)(=O)c1cc(C(F)(F)F)cc(C(F)(F)F)c1)c1ccccc1. The van der Waals surface area contributed by atoms with E-state index in [1.165, 1.54) is 0 Å². The molecule has 2 aromatic rings. The summed E-state index contributed by atoms with van der Waals surface area (Å²) in [5.74, 6) is 0. The Balaban J connectivity index is 2.32. The molecule has 5 nitrogen and oxygen atoms in total. The van der Waals surface area contributed by atoms with Crippen LogP contribution < -0.4 is 10.0 Å². The first-order valence-electron chi connectivity index (χ1n) is 9.42. The van der Waals surface area contributed by atoms with Crippen molar-refractivity contribution in [1.29, 1.82) is 0 Å². The van der Waals surface area contributed by atoms with E-state index in [4.69, 9.17) is 0 Å². The van der Waals surface area contributed by atoms with Crippen molar-refractivity contribution in [2.24, 2.45) is 0 Å². The van der Waals surface area contributed by atoms with Crippen molar-refractivity contribution in [3.05, 3.63) is 65.2 Å². The molecule has 0 heterocycles. The van der Waals surface area contributed by atoms with Crippen LogP contribution in [0.3, 0.4) is 0 Å². The fraction of sp³-hybridized carbons (Fsp3) is 0.400. The second-order valence-corrected chi connectivity index (χ2v) is 9.08. The molecular weight excluding hydrogens is 460 g/mol. The minimum absolute atomic E-state index is 0.116. The molecule has 0 saturated heterocycles. The van der Waals surface area contributed by atoms with Crippen molar-refractivity contribution >= 4 is 10.0 Å². The monoisotopic (exact) mass is 483 g/mol. The van der Waals surface area contributed by atoms with Crippen LogP contribution in [0, 0.1) is 0 Å². The Morgan fingerprint density at radius 2 is 1.44 bits per heavy atom. The lowest BCUT2D eigenvalue weighted by Gasteiger charge is -2.21.